The number of anilines is 1. The van der Waals surface area contributed by atoms with E-state index in [0.29, 0.717) is 42.7 Å². The maximum Gasteiger partial charge on any atom is 0.319 e. The Kier molecular flexibility index (Phi) is 7.57. The van der Waals surface area contributed by atoms with Gasteiger partial charge in [-0.05, 0) is 30.3 Å². The van der Waals surface area contributed by atoms with Gasteiger partial charge in [0.25, 0.3) is 0 Å². The van der Waals surface area contributed by atoms with Crippen molar-refractivity contribution < 1.29 is 23.7 Å². The van der Waals surface area contributed by atoms with Crippen LogP contribution in [0.1, 0.15) is 5.56 Å². The molecular formula is C19H24N2O5. The van der Waals surface area contributed by atoms with Crippen LogP contribution in [0.15, 0.2) is 42.5 Å². The molecule has 0 aliphatic heterocycles. The number of carbonyl (C=O) groups is 1. The summed E-state index contributed by atoms with van der Waals surface area (Å²) in [5, 5.41) is 5.57. The van der Waals surface area contributed by atoms with E-state index in [2.05, 4.69) is 10.6 Å². The van der Waals surface area contributed by atoms with Crippen molar-refractivity contribution in [2.24, 2.45) is 0 Å². The highest BCUT2D eigenvalue weighted by Crippen LogP contribution is 2.30. The third-order valence-electron chi connectivity index (χ3n) is 3.59. The lowest BCUT2D eigenvalue weighted by molar-refractivity contribution is 0.146. The summed E-state index contributed by atoms with van der Waals surface area (Å²) in [5.74, 6) is 1.94. The molecule has 140 valence electrons. The predicted molar refractivity (Wildman–Crippen MR) is 99.2 cm³/mol. The highest BCUT2D eigenvalue weighted by atomic mass is 16.5. The third kappa shape index (κ3) is 5.56. The molecule has 0 saturated heterocycles. The number of urea groups is 1. The molecule has 0 unspecified atom stereocenters. The zero-order valence-electron chi connectivity index (χ0n) is 15.2. The maximum atomic E-state index is 12.1. The number of hydrogen-bond acceptors (Lipinski definition) is 5. The van der Waals surface area contributed by atoms with Crippen molar-refractivity contribution in [2.75, 3.05) is 39.9 Å². The van der Waals surface area contributed by atoms with Crippen LogP contribution in [0.25, 0.3) is 0 Å². The Morgan fingerprint density at radius 1 is 0.962 bits per heavy atom. The molecule has 0 saturated carbocycles. The minimum absolute atomic E-state index is 0.310. The number of carbonyl (C=O) groups excluding carboxylic acids is 1. The monoisotopic (exact) mass is 360 g/mol. The fraction of sp³-hybridized carbons (Fsp3) is 0.316. The topological polar surface area (TPSA) is 78.1 Å². The number of amides is 2. The van der Waals surface area contributed by atoms with Crippen LogP contribution in [0.5, 0.6) is 17.2 Å². The van der Waals surface area contributed by atoms with Crippen LogP contribution in [0, 0.1) is 0 Å². The number of benzene rings is 2. The summed E-state index contributed by atoms with van der Waals surface area (Å²) >= 11 is 0. The number of nitrogens with one attached hydrogen (secondary N) is 2. The Labute approximate surface area is 153 Å². The summed E-state index contributed by atoms with van der Waals surface area (Å²) in [6, 6.07) is 12.3. The van der Waals surface area contributed by atoms with Gasteiger partial charge in [-0.1, -0.05) is 12.1 Å². The van der Waals surface area contributed by atoms with E-state index in [1.165, 1.54) is 0 Å². The van der Waals surface area contributed by atoms with Gasteiger partial charge in [-0.3, -0.25) is 0 Å². The Hall–Kier alpha value is -2.93. The van der Waals surface area contributed by atoms with Crippen LogP contribution >= 0.6 is 0 Å². The van der Waals surface area contributed by atoms with E-state index in [4.69, 9.17) is 18.9 Å². The summed E-state index contributed by atoms with van der Waals surface area (Å²) in [7, 11) is 4.76. The highest BCUT2D eigenvalue weighted by molar-refractivity contribution is 5.89. The predicted octanol–water partition coefficient (Wildman–Crippen LogP) is 3.05. The Morgan fingerprint density at radius 3 is 2.38 bits per heavy atom. The lowest BCUT2D eigenvalue weighted by Gasteiger charge is -2.13. The van der Waals surface area contributed by atoms with Gasteiger partial charge in [0.1, 0.15) is 12.4 Å². The SMILES string of the molecule is COCCOc1ccc(NC(=O)NCc2cccc(OC)c2OC)cc1. The molecule has 0 heterocycles. The standard InChI is InChI=1S/C19H24N2O5/c1-23-11-12-26-16-9-7-15(8-10-16)21-19(22)20-13-14-5-4-6-17(24-2)18(14)25-3/h4-10H,11-13H2,1-3H3,(H2,20,21,22). The van der Waals surface area contributed by atoms with Crippen LogP contribution in [0.2, 0.25) is 0 Å². The molecule has 0 radical (unpaired) electrons. The maximum absolute atomic E-state index is 12.1. The zero-order chi connectivity index (χ0) is 18.8. The van der Waals surface area contributed by atoms with Crippen molar-refractivity contribution in [3.63, 3.8) is 0 Å². The largest absolute Gasteiger partial charge is 0.493 e. The van der Waals surface area contributed by atoms with E-state index in [1.54, 1.807) is 51.7 Å². The molecule has 0 atom stereocenters. The Morgan fingerprint density at radius 2 is 1.73 bits per heavy atom. The first-order chi connectivity index (χ1) is 12.7. The van der Waals surface area contributed by atoms with Gasteiger partial charge < -0.3 is 29.6 Å². The smallest absolute Gasteiger partial charge is 0.319 e. The first-order valence-electron chi connectivity index (χ1n) is 8.14. The average Bonchev–Trinajstić information content (AvgIpc) is 2.67. The molecule has 0 bridgehead atoms. The summed E-state index contributed by atoms with van der Waals surface area (Å²) < 4.78 is 21.0. The van der Waals surface area contributed by atoms with Crippen LogP contribution in [-0.2, 0) is 11.3 Å². The van der Waals surface area contributed by atoms with Crippen LogP contribution in [0.4, 0.5) is 10.5 Å². The Balaban J connectivity index is 1.87. The van der Waals surface area contributed by atoms with Crippen LogP contribution in [-0.4, -0.2) is 40.6 Å². The third-order valence-corrected chi connectivity index (χ3v) is 3.59. The van der Waals surface area contributed by atoms with Crippen molar-refractivity contribution in [2.45, 2.75) is 6.54 Å². The summed E-state index contributed by atoms with van der Waals surface area (Å²) in [6.07, 6.45) is 0. The van der Waals surface area contributed by atoms with E-state index in [-0.39, 0.29) is 6.03 Å². The highest BCUT2D eigenvalue weighted by Gasteiger charge is 2.10. The fourth-order valence-corrected chi connectivity index (χ4v) is 2.32. The lowest BCUT2D eigenvalue weighted by Crippen LogP contribution is -2.28. The summed E-state index contributed by atoms with van der Waals surface area (Å²) in [6.45, 7) is 1.31. The lowest BCUT2D eigenvalue weighted by atomic mass is 10.2. The minimum Gasteiger partial charge on any atom is -0.493 e. The van der Waals surface area contributed by atoms with E-state index in [0.717, 1.165) is 5.56 Å². The van der Waals surface area contributed by atoms with Crippen molar-refractivity contribution in [1.82, 2.24) is 5.32 Å². The van der Waals surface area contributed by atoms with Gasteiger partial charge in [-0.2, -0.15) is 0 Å². The van der Waals surface area contributed by atoms with E-state index in [9.17, 15) is 4.79 Å². The molecule has 0 aliphatic carbocycles. The molecule has 0 fully saturated rings. The molecule has 7 nitrogen and oxygen atoms in total. The van der Waals surface area contributed by atoms with Gasteiger partial charge in [-0.25, -0.2) is 4.79 Å². The summed E-state index contributed by atoms with van der Waals surface area (Å²) in [5.41, 5.74) is 1.49. The molecule has 2 rings (SSSR count). The molecule has 0 spiro atoms. The van der Waals surface area contributed by atoms with Crippen molar-refractivity contribution in [1.29, 1.82) is 0 Å². The second-order valence-corrected chi connectivity index (χ2v) is 5.33. The van der Waals surface area contributed by atoms with Crippen molar-refractivity contribution in [3.05, 3.63) is 48.0 Å². The molecule has 2 amide bonds. The first kappa shape index (κ1) is 19.4. The second-order valence-electron chi connectivity index (χ2n) is 5.33. The van der Waals surface area contributed by atoms with E-state index < -0.39 is 0 Å². The molecule has 2 N–H and O–H groups in total. The van der Waals surface area contributed by atoms with E-state index >= 15 is 0 Å². The number of rotatable bonds is 9. The molecule has 2 aromatic carbocycles. The average molecular weight is 360 g/mol. The number of hydrogen-bond donors (Lipinski definition) is 2. The van der Waals surface area contributed by atoms with Crippen LogP contribution < -0.4 is 24.8 Å². The normalized spacial score (nSPS) is 10.1. The molecule has 0 aliphatic rings. The number of para-hydroxylation sites is 1. The van der Waals surface area contributed by atoms with E-state index in [1.807, 2.05) is 12.1 Å². The quantitative estimate of drug-likeness (QED) is 0.672. The van der Waals surface area contributed by atoms with Crippen molar-refractivity contribution in [3.8, 4) is 17.2 Å². The zero-order valence-corrected chi connectivity index (χ0v) is 15.2. The molecule has 7 heteroatoms. The van der Waals surface area contributed by atoms with Gasteiger partial charge in [0.2, 0.25) is 0 Å². The molecular weight excluding hydrogens is 336 g/mol. The Bertz CT molecular complexity index is 704. The van der Waals surface area contributed by atoms with Gasteiger partial charge >= 0.3 is 6.03 Å². The van der Waals surface area contributed by atoms with Gasteiger partial charge in [-0.15, -0.1) is 0 Å². The minimum atomic E-state index is -0.317. The number of methoxy groups -OCH3 is 3. The van der Waals surface area contributed by atoms with Crippen LogP contribution in [0.3, 0.4) is 0 Å². The molecule has 26 heavy (non-hydrogen) atoms. The molecule has 0 aromatic heterocycles. The van der Waals surface area contributed by atoms with Gasteiger partial charge in [0.15, 0.2) is 11.5 Å². The first-order valence-corrected chi connectivity index (χ1v) is 8.14. The summed E-state index contributed by atoms with van der Waals surface area (Å²) in [4.78, 5) is 12.1. The fourth-order valence-electron chi connectivity index (χ4n) is 2.32. The van der Waals surface area contributed by atoms with Gasteiger partial charge in [0.05, 0.1) is 20.8 Å². The number of ether oxygens (including phenoxy) is 4. The van der Waals surface area contributed by atoms with Crippen molar-refractivity contribution >= 4 is 11.7 Å². The van der Waals surface area contributed by atoms with Gasteiger partial charge in [0, 0.05) is 24.9 Å². The second kappa shape index (κ2) is 10.1. The molecule has 2 aromatic rings.